The number of benzene rings is 3. The van der Waals surface area contributed by atoms with Gasteiger partial charge in [0.1, 0.15) is 48.3 Å². The summed E-state index contributed by atoms with van der Waals surface area (Å²) in [6.45, 7) is 4.59. The van der Waals surface area contributed by atoms with Crippen LogP contribution in [0.2, 0.25) is 0 Å². The molecule has 5 amide bonds. The van der Waals surface area contributed by atoms with Gasteiger partial charge in [-0.2, -0.15) is 0 Å². The largest absolute Gasteiger partial charge is 0.481 e. The van der Waals surface area contributed by atoms with E-state index in [9.17, 15) is 58.5 Å². The van der Waals surface area contributed by atoms with E-state index >= 15 is 0 Å². The van der Waals surface area contributed by atoms with Crippen LogP contribution in [0.1, 0.15) is 63.0 Å². The summed E-state index contributed by atoms with van der Waals surface area (Å²) < 4.78 is 6.13. The Balaban J connectivity index is 1.19. The summed E-state index contributed by atoms with van der Waals surface area (Å²) in [6, 6.07) is 10.0. The molecule has 86 heavy (non-hydrogen) atoms. The molecule has 3 heterocycles. The summed E-state index contributed by atoms with van der Waals surface area (Å²) in [5.41, 5.74) is 35.3. The number of hydrazine groups is 1. The highest BCUT2D eigenvalue weighted by atomic mass is 16.4. The second-order valence-electron chi connectivity index (χ2n) is 21.0. The van der Waals surface area contributed by atoms with Crippen LogP contribution in [0.15, 0.2) is 95.6 Å². The molecule has 29 heteroatoms. The van der Waals surface area contributed by atoms with Crippen molar-refractivity contribution in [2.24, 2.45) is 28.7 Å². The Labute approximate surface area is 494 Å². The number of aromatic amines is 1. The zero-order valence-corrected chi connectivity index (χ0v) is 47.5. The minimum absolute atomic E-state index is 0.00733. The Morgan fingerprint density at radius 2 is 1.36 bits per heavy atom. The molecular formula is C57H78N16O13. The third-order valence-electron chi connectivity index (χ3n) is 14.4. The number of hydrogen-bond acceptors (Lipinski definition) is 22. The summed E-state index contributed by atoms with van der Waals surface area (Å²) in [7, 11) is 0. The summed E-state index contributed by atoms with van der Waals surface area (Å²) >= 11 is 0. The van der Waals surface area contributed by atoms with Crippen LogP contribution in [0.5, 0.6) is 0 Å². The van der Waals surface area contributed by atoms with Gasteiger partial charge in [0.15, 0.2) is 11.4 Å². The fraction of sp³-hybridized carbons (Fsp3) is 0.439. The number of amides is 5. The number of aromatic nitrogens is 2. The molecule has 0 aliphatic carbocycles. The molecule has 464 valence electrons. The van der Waals surface area contributed by atoms with Gasteiger partial charge in [0.25, 0.3) is 0 Å². The lowest BCUT2D eigenvalue weighted by atomic mass is 9.93. The quantitative estimate of drug-likeness (QED) is 0.00610. The second-order valence-corrected chi connectivity index (χ2v) is 21.0. The van der Waals surface area contributed by atoms with E-state index in [1.807, 2.05) is 30.3 Å². The van der Waals surface area contributed by atoms with Crippen LogP contribution in [-0.2, 0) is 56.0 Å². The van der Waals surface area contributed by atoms with E-state index in [0.29, 0.717) is 51.9 Å². The van der Waals surface area contributed by atoms with Crippen LogP contribution in [0, 0.1) is 0 Å². The van der Waals surface area contributed by atoms with Gasteiger partial charge in [0.05, 0.1) is 37.3 Å². The van der Waals surface area contributed by atoms with E-state index in [1.54, 1.807) is 48.7 Å². The Kier molecular flexibility index (Phi) is 25.2. The molecule has 0 spiro atoms. The molecule has 1 unspecified atom stereocenters. The van der Waals surface area contributed by atoms with Crippen molar-refractivity contribution in [3.05, 3.63) is 102 Å². The first-order chi connectivity index (χ1) is 41.1. The van der Waals surface area contributed by atoms with Gasteiger partial charge in [-0.1, -0.05) is 55.1 Å². The molecule has 0 radical (unpaired) electrons. The van der Waals surface area contributed by atoms with Gasteiger partial charge in [-0.25, -0.2) is 15.4 Å². The maximum atomic E-state index is 14.4. The molecule has 1 fully saturated rings. The van der Waals surface area contributed by atoms with Gasteiger partial charge in [-0.15, -0.1) is 0 Å². The number of carbonyl (C=O) groups excluding carboxylic acids is 8. The van der Waals surface area contributed by atoms with Crippen molar-refractivity contribution >= 4 is 75.4 Å². The number of fused-ring (bicyclic) bond motifs is 3. The first kappa shape index (κ1) is 66.9. The van der Waals surface area contributed by atoms with E-state index in [1.165, 1.54) is 11.9 Å². The number of ketones is 3. The molecule has 1 aliphatic rings. The minimum Gasteiger partial charge on any atom is -0.481 e. The monoisotopic (exact) mass is 1190 g/mol. The number of carboxylic acids is 1. The highest BCUT2D eigenvalue weighted by Gasteiger charge is 2.41. The molecule has 6 rings (SSSR count). The Bertz CT molecular complexity index is 3160. The van der Waals surface area contributed by atoms with Gasteiger partial charge in [0.2, 0.25) is 47.5 Å². The number of carboxylic acid groups (broad SMARTS) is 1. The molecule has 5 aromatic rings. The number of nitrogens with one attached hydrogen (secondary N) is 9. The number of hydrogen-bond donors (Lipinski definition) is 17. The van der Waals surface area contributed by atoms with Gasteiger partial charge in [-0.05, 0) is 100 Å². The van der Waals surface area contributed by atoms with E-state index in [0.717, 1.165) is 5.56 Å². The fourth-order valence-corrected chi connectivity index (χ4v) is 9.93. The number of nitrogens with two attached hydrogens (primary N) is 5. The average molecular weight is 1200 g/mol. The van der Waals surface area contributed by atoms with Crippen molar-refractivity contribution in [3.63, 3.8) is 0 Å². The Morgan fingerprint density at radius 1 is 0.767 bits per heavy atom. The lowest BCUT2D eigenvalue weighted by molar-refractivity contribution is -0.143. The van der Waals surface area contributed by atoms with Gasteiger partial charge < -0.3 is 80.0 Å². The number of carbonyl (C=O) groups is 9. The van der Waals surface area contributed by atoms with Crippen molar-refractivity contribution in [2.45, 2.75) is 132 Å². The Hall–Kier alpha value is -8.20. The molecule has 0 saturated carbocycles. The number of oxazole rings is 1. The lowest BCUT2D eigenvalue weighted by Gasteiger charge is -2.31. The molecule has 29 nitrogen and oxygen atoms in total. The van der Waals surface area contributed by atoms with E-state index in [2.05, 4.69) is 54.2 Å². The van der Waals surface area contributed by atoms with E-state index in [4.69, 9.17) is 38.1 Å². The SMILES string of the molecule is C=C(C(=O)[C@@H](N)CC(=O)O)C(Cc1c[nH]c2ccc3oc(-c4ccccc4)nc3c12)NN1CCC[C@H]1C(=O)C(=O)[C@H](CO)NC(=O)[C@H](CCCNC(N)N)NC(=O)[C@@H](NC(=O)[C@H](CCCNC(N)N)NC(=O)[C@H](Cc1ccccc1)NC=O)[C@@H](C)O. The first-order valence-electron chi connectivity index (χ1n) is 28.1. The number of aliphatic hydroxyl groups is 2. The maximum absolute atomic E-state index is 14.4. The highest BCUT2D eigenvalue weighted by molar-refractivity contribution is 6.41. The zero-order chi connectivity index (χ0) is 62.6. The predicted octanol–water partition coefficient (Wildman–Crippen LogP) is -3.27. The number of rotatable bonds is 37. The van der Waals surface area contributed by atoms with E-state index in [-0.39, 0.29) is 70.2 Å². The number of nitrogens with zero attached hydrogens (tertiary/aromatic N) is 2. The fourth-order valence-electron chi connectivity index (χ4n) is 9.93. The molecule has 9 atom stereocenters. The van der Waals surface area contributed by atoms with Crippen LogP contribution < -0.4 is 71.3 Å². The molecule has 22 N–H and O–H groups in total. The van der Waals surface area contributed by atoms with Crippen LogP contribution in [-0.4, -0.2) is 177 Å². The van der Waals surface area contributed by atoms with Crippen LogP contribution in [0.4, 0.5) is 0 Å². The Morgan fingerprint density at radius 3 is 1.95 bits per heavy atom. The maximum Gasteiger partial charge on any atom is 0.305 e. The topological polar surface area (TPSA) is 486 Å². The third kappa shape index (κ3) is 18.6. The summed E-state index contributed by atoms with van der Waals surface area (Å²) in [5.74, 6) is -7.85. The van der Waals surface area contributed by atoms with E-state index < -0.39 is 127 Å². The van der Waals surface area contributed by atoms with Crippen molar-refractivity contribution in [3.8, 4) is 11.5 Å². The molecule has 2 aromatic heterocycles. The van der Waals surface area contributed by atoms with Crippen molar-refractivity contribution in [2.75, 3.05) is 26.2 Å². The smallest absolute Gasteiger partial charge is 0.305 e. The van der Waals surface area contributed by atoms with Crippen LogP contribution in [0.25, 0.3) is 33.5 Å². The van der Waals surface area contributed by atoms with Crippen molar-refractivity contribution in [1.82, 2.24) is 57.6 Å². The first-order valence-corrected chi connectivity index (χ1v) is 28.1. The zero-order valence-electron chi connectivity index (χ0n) is 47.5. The normalized spacial score (nSPS) is 16.3. The number of aliphatic hydroxyl groups excluding tert-OH is 2. The molecule has 1 saturated heterocycles. The number of aliphatic carboxylic acids is 1. The lowest BCUT2D eigenvalue weighted by Crippen LogP contribution is -2.61. The van der Waals surface area contributed by atoms with Gasteiger partial charge in [-0.3, -0.25) is 53.8 Å². The summed E-state index contributed by atoms with van der Waals surface area (Å²) in [6.07, 6.45) is -1.58. The van der Waals surface area contributed by atoms with Crippen molar-refractivity contribution in [1.29, 1.82) is 0 Å². The second kappa shape index (κ2) is 32.3. The molecule has 0 bridgehead atoms. The summed E-state index contributed by atoms with van der Waals surface area (Å²) in [4.78, 5) is 130. The van der Waals surface area contributed by atoms with Crippen molar-refractivity contribution < 1.29 is 62.9 Å². The molecule has 1 aliphatic heterocycles. The number of Topliss-reactive ketones (excluding diaryl/α,β-unsaturated/α-hetero) is 3. The molecule has 3 aromatic carbocycles. The van der Waals surface area contributed by atoms with Crippen LogP contribution >= 0.6 is 0 Å². The van der Waals surface area contributed by atoms with Gasteiger partial charge >= 0.3 is 5.97 Å². The summed E-state index contributed by atoms with van der Waals surface area (Å²) in [5, 5.41) is 51.1. The standard InChI is InChI=1S/C57H78N16O13/c1-30(48(79)35(58)26-44(77)78)39(25-34-27-65-36-19-20-43-47(45(34)36)71-55(86-43)33-14-7-4-8-15-33)72-73-23-11-18-42(73)50(81)49(80)41(28-74)69-51(82)37(16-9-21-63-56(59)60)68-54(85)46(31(2)76)70-52(83)38(17-10-22-64-57(61)62)67-53(84)40(66-29-75)24-32-12-5-3-6-13-32/h3-8,12-15,19-20,27,29,31,35,37-42,46,56-57,63-65,72,74,76H,1,9-11,16-18,21-26,28,58-62H2,2H3,(H,66,75)(H,67,84)(H,68,85)(H,69,82)(H,70,83)(H,77,78)/t31-,35+,37+,38+,39?,40+,41+,42+,46+/m1/s1. The minimum atomic E-state index is -1.87. The van der Waals surface area contributed by atoms with Crippen LogP contribution in [0.3, 0.4) is 0 Å². The number of H-pyrrole nitrogens is 1. The third-order valence-corrected chi connectivity index (χ3v) is 14.4. The highest BCUT2D eigenvalue weighted by Crippen LogP contribution is 2.33. The predicted molar refractivity (Wildman–Crippen MR) is 314 cm³/mol. The average Bonchev–Trinajstić information content (AvgIpc) is 1.73. The van der Waals surface area contributed by atoms with Gasteiger partial charge in [0, 0.05) is 41.2 Å². The molecular weight excluding hydrogens is 1120 g/mol.